The van der Waals surface area contributed by atoms with Gasteiger partial charge in [0.05, 0.1) is 0 Å². The van der Waals surface area contributed by atoms with Gasteiger partial charge in [-0.3, -0.25) is 0 Å². The number of hydrogen-bond acceptors (Lipinski definition) is 0. The molecule has 0 spiro atoms. The molecule has 2 aliphatic rings. The van der Waals surface area contributed by atoms with Gasteiger partial charge in [-0.15, -0.1) is 0 Å². The van der Waals surface area contributed by atoms with E-state index >= 15 is 0 Å². The predicted octanol–water partition coefficient (Wildman–Crippen LogP) is 3.37. The van der Waals surface area contributed by atoms with Crippen LogP contribution in [-0.2, 0) is 0 Å². The van der Waals surface area contributed by atoms with E-state index in [1.807, 2.05) is 0 Å². The first-order valence-corrected chi connectivity index (χ1v) is 4.72. The van der Waals surface area contributed by atoms with Crippen LogP contribution >= 0.6 is 0 Å². The third-order valence-electron chi connectivity index (χ3n) is 4.05. The molecule has 0 bridgehead atoms. The van der Waals surface area contributed by atoms with Crippen LogP contribution in [0.3, 0.4) is 0 Å². The summed E-state index contributed by atoms with van der Waals surface area (Å²) in [5, 5.41) is 0. The van der Waals surface area contributed by atoms with Crippen molar-refractivity contribution in [2.45, 2.75) is 52.4 Å². The van der Waals surface area contributed by atoms with Gasteiger partial charge in [0.2, 0.25) is 0 Å². The third-order valence-corrected chi connectivity index (χ3v) is 4.05. The highest BCUT2D eigenvalue weighted by Crippen LogP contribution is 2.79. The van der Waals surface area contributed by atoms with E-state index in [2.05, 4.69) is 13.8 Å². The minimum atomic E-state index is 0.835. The summed E-state index contributed by atoms with van der Waals surface area (Å²) in [6.45, 7) is 4.78. The average Bonchev–Trinajstić information content (AvgIpc) is 2.32. The highest BCUT2D eigenvalue weighted by atomic mass is 14.7. The van der Waals surface area contributed by atoms with Crippen LogP contribution in [0.15, 0.2) is 0 Å². The van der Waals surface area contributed by atoms with Crippen molar-refractivity contribution in [3.8, 4) is 0 Å². The SMILES string of the molecule is CCCCC12CCC1(C)C2. The first kappa shape index (κ1) is 6.69. The maximum Gasteiger partial charge on any atom is -0.0238 e. The summed E-state index contributed by atoms with van der Waals surface area (Å²) in [6.07, 6.45) is 9.01. The minimum absolute atomic E-state index is 0.835. The van der Waals surface area contributed by atoms with Gasteiger partial charge >= 0.3 is 0 Å². The molecule has 10 heavy (non-hydrogen) atoms. The Labute approximate surface area is 64.0 Å². The van der Waals surface area contributed by atoms with Gasteiger partial charge in [0.25, 0.3) is 0 Å². The first-order chi connectivity index (χ1) is 4.72. The van der Waals surface area contributed by atoms with Crippen molar-refractivity contribution in [2.75, 3.05) is 0 Å². The monoisotopic (exact) mass is 138 g/mol. The molecule has 2 atom stereocenters. The van der Waals surface area contributed by atoms with E-state index in [4.69, 9.17) is 0 Å². The van der Waals surface area contributed by atoms with E-state index in [-0.39, 0.29) is 0 Å². The van der Waals surface area contributed by atoms with Crippen molar-refractivity contribution in [2.24, 2.45) is 10.8 Å². The molecule has 0 aromatic rings. The summed E-state index contributed by atoms with van der Waals surface area (Å²) >= 11 is 0. The molecule has 2 unspecified atom stereocenters. The molecule has 0 heteroatoms. The zero-order chi connectivity index (χ0) is 7.24. The molecular formula is C10H18. The van der Waals surface area contributed by atoms with Gasteiger partial charge in [-0.2, -0.15) is 0 Å². The predicted molar refractivity (Wildman–Crippen MR) is 43.9 cm³/mol. The van der Waals surface area contributed by atoms with Gasteiger partial charge in [0.15, 0.2) is 0 Å². The molecule has 0 nitrogen and oxygen atoms in total. The lowest BCUT2D eigenvalue weighted by molar-refractivity contribution is 0.179. The summed E-state index contributed by atoms with van der Waals surface area (Å²) in [5.74, 6) is 0. The van der Waals surface area contributed by atoms with Crippen molar-refractivity contribution >= 4 is 0 Å². The van der Waals surface area contributed by atoms with Crippen molar-refractivity contribution in [3.05, 3.63) is 0 Å². The lowest BCUT2D eigenvalue weighted by atomic mass is 9.72. The molecule has 58 valence electrons. The van der Waals surface area contributed by atoms with Crippen LogP contribution in [0, 0.1) is 10.8 Å². The molecule has 0 N–H and O–H groups in total. The molecule has 2 saturated carbocycles. The van der Waals surface area contributed by atoms with Crippen molar-refractivity contribution < 1.29 is 0 Å². The fourth-order valence-corrected chi connectivity index (χ4v) is 2.82. The van der Waals surface area contributed by atoms with Gasteiger partial charge in [-0.05, 0) is 36.5 Å². The smallest absolute Gasteiger partial charge is 0.0238 e. The van der Waals surface area contributed by atoms with E-state index in [1.54, 1.807) is 12.8 Å². The van der Waals surface area contributed by atoms with Gasteiger partial charge in [-0.25, -0.2) is 0 Å². The lowest BCUT2D eigenvalue weighted by Gasteiger charge is -2.32. The van der Waals surface area contributed by atoms with Crippen LogP contribution in [0.4, 0.5) is 0 Å². The Hall–Kier alpha value is 0. The molecule has 2 fully saturated rings. The van der Waals surface area contributed by atoms with Crippen LogP contribution in [0.5, 0.6) is 0 Å². The molecule has 0 saturated heterocycles. The van der Waals surface area contributed by atoms with Crippen LogP contribution in [0.1, 0.15) is 52.4 Å². The van der Waals surface area contributed by atoms with Crippen LogP contribution in [-0.4, -0.2) is 0 Å². The largest absolute Gasteiger partial charge is 0.0654 e. The van der Waals surface area contributed by atoms with Crippen LogP contribution in [0.2, 0.25) is 0 Å². The quantitative estimate of drug-likeness (QED) is 0.561. The summed E-state index contributed by atoms with van der Waals surface area (Å²) in [7, 11) is 0. The Kier molecular flexibility index (Phi) is 1.19. The van der Waals surface area contributed by atoms with Crippen LogP contribution < -0.4 is 0 Å². The summed E-state index contributed by atoms with van der Waals surface area (Å²) in [6, 6.07) is 0. The summed E-state index contributed by atoms with van der Waals surface area (Å²) in [5.41, 5.74) is 1.71. The zero-order valence-corrected chi connectivity index (χ0v) is 7.24. The van der Waals surface area contributed by atoms with Gasteiger partial charge in [0.1, 0.15) is 0 Å². The number of hydrogen-bond donors (Lipinski definition) is 0. The van der Waals surface area contributed by atoms with E-state index in [9.17, 15) is 0 Å². The van der Waals surface area contributed by atoms with Crippen molar-refractivity contribution in [3.63, 3.8) is 0 Å². The molecule has 2 rings (SSSR count). The molecular weight excluding hydrogens is 120 g/mol. The van der Waals surface area contributed by atoms with Gasteiger partial charge < -0.3 is 0 Å². The molecule has 0 amide bonds. The maximum atomic E-state index is 2.48. The number of unbranched alkanes of at least 4 members (excludes halogenated alkanes) is 1. The topological polar surface area (TPSA) is 0 Å². The van der Waals surface area contributed by atoms with Crippen molar-refractivity contribution in [1.82, 2.24) is 0 Å². The van der Waals surface area contributed by atoms with E-state index in [0.29, 0.717) is 0 Å². The van der Waals surface area contributed by atoms with E-state index in [1.165, 1.54) is 25.7 Å². The molecule has 0 heterocycles. The van der Waals surface area contributed by atoms with Gasteiger partial charge in [0, 0.05) is 0 Å². The first-order valence-electron chi connectivity index (χ1n) is 4.72. The Bertz CT molecular complexity index is 150. The van der Waals surface area contributed by atoms with Crippen LogP contribution in [0.25, 0.3) is 0 Å². The number of rotatable bonds is 3. The minimum Gasteiger partial charge on any atom is -0.0654 e. The normalized spacial score (nSPS) is 49.8. The highest BCUT2D eigenvalue weighted by Gasteiger charge is 2.69. The molecule has 2 aliphatic carbocycles. The second-order valence-electron chi connectivity index (χ2n) is 4.62. The molecule has 0 aromatic heterocycles. The number of fused-ring (bicyclic) bond motifs is 1. The Morgan fingerprint density at radius 1 is 1.30 bits per heavy atom. The zero-order valence-electron chi connectivity index (χ0n) is 7.24. The summed E-state index contributed by atoms with van der Waals surface area (Å²) < 4.78 is 0. The lowest BCUT2D eigenvalue weighted by Crippen LogP contribution is -2.22. The molecule has 0 radical (unpaired) electrons. The summed E-state index contributed by atoms with van der Waals surface area (Å²) in [4.78, 5) is 0. The standard InChI is InChI=1S/C10H18/c1-3-4-5-10-7-6-9(10,2)8-10/h3-8H2,1-2H3. The molecule has 0 aliphatic heterocycles. The van der Waals surface area contributed by atoms with Crippen molar-refractivity contribution in [1.29, 1.82) is 0 Å². The Balaban J connectivity index is 1.85. The Morgan fingerprint density at radius 3 is 2.40 bits per heavy atom. The third kappa shape index (κ3) is 0.627. The second-order valence-corrected chi connectivity index (χ2v) is 4.62. The van der Waals surface area contributed by atoms with E-state index in [0.717, 1.165) is 10.8 Å². The fraction of sp³-hybridized carbons (Fsp3) is 1.00. The van der Waals surface area contributed by atoms with E-state index < -0.39 is 0 Å². The Morgan fingerprint density at radius 2 is 2.10 bits per heavy atom. The second kappa shape index (κ2) is 1.78. The average molecular weight is 138 g/mol. The molecule has 0 aromatic carbocycles. The van der Waals surface area contributed by atoms with Gasteiger partial charge in [-0.1, -0.05) is 26.7 Å². The maximum absolute atomic E-state index is 2.48. The highest BCUT2D eigenvalue weighted by molar-refractivity contribution is 5.19. The fourth-order valence-electron chi connectivity index (χ4n) is 2.82.